The van der Waals surface area contributed by atoms with Crippen molar-refractivity contribution < 1.29 is 4.42 Å². The van der Waals surface area contributed by atoms with Crippen LogP contribution in [0.25, 0.3) is 11.3 Å². The van der Waals surface area contributed by atoms with Crippen molar-refractivity contribution in [3.63, 3.8) is 0 Å². The molecular formula is C14H12N4O2. The molecule has 0 bridgehead atoms. The average molecular weight is 268 g/mol. The minimum absolute atomic E-state index is 0.207. The van der Waals surface area contributed by atoms with Gasteiger partial charge in [0.2, 0.25) is 5.95 Å². The molecule has 0 aromatic carbocycles. The van der Waals surface area contributed by atoms with E-state index >= 15 is 0 Å². The Morgan fingerprint density at radius 2 is 2.10 bits per heavy atom. The van der Waals surface area contributed by atoms with E-state index < -0.39 is 0 Å². The molecule has 0 unspecified atom stereocenters. The van der Waals surface area contributed by atoms with E-state index in [1.807, 2.05) is 18.2 Å². The molecule has 2 N–H and O–H groups in total. The maximum Gasteiger partial charge on any atom is 0.252 e. The van der Waals surface area contributed by atoms with Gasteiger partial charge in [0.05, 0.1) is 18.2 Å². The van der Waals surface area contributed by atoms with E-state index in [0.717, 1.165) is 11.1 Å². The van der Waals surface area contributed by atoms with Gasteiger partial charge < -0.3 is 9.73 Å². The number of nitrogens with one attached hydrogen (secondary N) is 2. The molecule has 3 aromatic heterocycles. The van der Waals surface area contributed by atoms with Gasteiger partial charge in [0.1, 0.15) is 0 Å². The summed E-state index contributed by atoms with van der Waals surface area (Å²) >= 11 is 0. The van der Waals surface area contributed by atoms with Crippen LogP contribution in [-0.4, -0.2) is 15.0 Å². The summed E-state index contributed by atoms with van der Waals surface area (Å²) in [6.45, 7) is 0.527. The second kappa shape index (κ2) is 5.40. The van der Waals surface area contributed by atoms with Crippen LogP contribution < -0.4 is 10.9 Å². The maximum atomic E-state index is 11.7. The van der Waals surface area contributed by atoms with E-state index in [1.54, 1.807) is 24.9 Å². The summed E-state index contributed by atoms with van der Waals surface area (Å²) in [5.74, 6) is 0.422. The summed E-state index contributed by atoms with van der Waals surface area (Å²) in [4.78, 5) is 22.7. The lowest BCUT2D eigenvalue weighted by Crippen LogP contribution is -2.12. The molecule has 0 spiro atoms. The summed E-state index contributed by atoms with van der Waals surface area (Å²) in [6, 6.07) is 6.92. The number of hydrogen-bond donors (Lipinski definition) is 2. The van der Waals surface area contributed by atoms with Gasteiger partial charge in [-0.2, -0.15) is 0 Å². The Morgan fingerprint density at radius 3 is 2.85 bits per heavy atom. The summed E-state index contributed by atoms with van der Waals surface area (Å²) in [5, 5.41) is 3.06. The van der Waals surface area contributed by atoms with Gasteiger partial charge >= 0.3 is 0 Å². The van der Waals surface area contributed by atoms with Gasteiger partial charge in [-0.25, -0.2) is 4.98 Å². The summed E-state index contributed by atoms with van der Waals surface area (Å²) in [6.07, 6.45) is 6.56. The zero-order valence-corrected chi connectivity index (χ0v) is 10.5. The van der Waals surface area contributed by atoms with Gasteiger partial charge in [0, 0.05) is 36.1 Å². The highest BCUT2D eigenvalue weighted by molar-refractivity contribution is 5.58. The Bertz CT molecular complexity index is 735. The molecule has 0 aliphatic rings. The largest absolute Gasteiger partial charge is 0.472 e. The van der Waals surface area contributed by atoms with E-state index in [0.29, 0.717) is 18.2 Å². The monoisotopic (exact) mass is 268 g/mol. The van der Waals surface area contributed by atoms with E-state index in [9.17, 15) is 4.79 Å². The molecule has 3 aromatic rings. The quantitative estimate of drug-likeness (QED) is 0.756. The molecule has 0 aliphatic heterocycles. The predicted octanol–water partition coefficient (Wildman–Crippen LogP) is 2.04. The second-order valence-corrected chi connectivity index (χ2v) is 4.20. The minimum atomic E-state index is -0.207. The molecule has 100 valence electrons. The number of anilines is 1. The third-order valence-corrected chi connectivity index (χ3v) is 2.76. The molecule has 6 heteroatoms. The fourth-order valence-electron chi connectivity index (χ4n) is 1.79. The highest BCUT2D eigenvalue weighted by atomic mass is 16.3. The molecule has 20 heavy (non-hydrogen) atoms. The minimum Gasteiger partial charge on any atom is -0.472 e. The number of nitrogens with zero attached hydrogens (tertiary/aromatic N) is 2. The smallest absolute Gasteiger partial charge is 0.252 e. The average Bonchev–Trinajstić information content (AvgIpc) is 2.99. The number of furan rings is 1. The summed E-state index contributed by atoms with van der Waals surface area (Å²) < 4.78 is 4.98. The van der Waals surface area contributed by atoms with Crippen molar-refractivity contribution in [1.29, 1.82) is 0 Å². The first-order chi connectivity index (χ1) is 9.81. The van der Waals surface area contributed by atoms with Crippen LogP contribution in [0.5, 0.6) is 0 Å². The number of pyridine rings is 1. The number of aromatic nitrogens is 3. The first kappa shape index (κ1) is 12.2. The van der Waals surface area contributed by atoms with Crippen LogP contribution in [0.1, 0.15) is 5.56 Å². The molecule has 0 amide bonds. The lowest BCUT2D eigenvalue weighted by Gasteiger charge is -2.06. The van der Waals surface area contributed by atoms with Gasteiger partial charge in [0.25, 0.3) is 5.56 Å². The van der Waals surface area contributed by atoms with E-state index in [4.69, 9.17) is 4.42 Å². The topological polar surface area (TPSA) is 83.8 Å². The second-order valence-electron chi connectivity index (χ2n) is 4.20. The molecule has 3 rings (SSSR count). The van der Waals surface area contributed by atoms with E-state index in [2.05, 4.69) is 20.3 Å². The zero-order valence-electron chi connectivity index (χ0n) is 10.5. The van der Waals surface area contributed by atoms with Crippen molar-refractivity contribution in [2.75, 3.05) is 5.32 Å². The molecule has 0 radical (unpaired) electrons. The molecule has 0 atom stereocenters. The number of rotatable bonds is 4. The van der Waals surface area contributed by atoms with Crippen LogP contribution >= 0.6 is 0 Å². The predicted molar refractivity (Wildman–Crippen MR) is 74.1 cm³/mol. The molecule has 6 nitrogen and oxygen atoms in total. The fourth-order valence-corrected chi connectivity index (χ4v) is 1.79. The lowest BCUT2D eigenvalue weighted by molar-refractivity contribution is 0.564. The molecule has 3 heterocycles. The van der Waals surface area contributed by atoms with Crippen molar-refractivity contribution in [2.24, 2.45) is 0 Å². The Morgan fingerprint density at radius 1 is 1.25 bits per heavy atom. The molecule has 0 saturated heterocycles. The summed E-state index contributed by atoms with van der Waals surface area (Å²) in [5.41, 5.74) is 2.21. The fraction of sp³-hybridized carbons (Fsp3) is 0.0714. The van der Waals surface area contributed by atoms with Crippen molar-refractivity contribution in [2.45, 2.75) is 6.54 Å². The lowest BCUT2D eigenvalue weighted by atomic mass is 10.2. The summed E-state index contributed by atoms with van der Waals surface area (Å²) in [7, 11) is 0. The van der Waals surface area contributed by atoms with Crippen LogP contribution in [0.3, 0.4) is 0 Å². The Labute approximate surface area is 114 Å². The van der Waals surface area contributed by atoms with Gasteiger partial charge in [-0.3, -0.25) is 14.8 Å². The van der Waals surface area contributed by atoms with Crippen LogP contribution in [0, 0.1) is 0 Å². The van der Waals surface area contributed by atoms with Crippen molar-refractivity contribution in [3.8, 4) is 11.3 Å². The van der Waals surface area contributed by atoms with Gasteiger partial charge in [-0.15, -0.1) is 0 Å². The molecule has 0 saturated carbocycles. The van der Waals surface area contributed by atoms with Gasteiger partial charge in [-0.1, -0.05) is 0 Å². The highest BCUT2D eigenvalue weighted by Crippen LogP contribution is 2.14. The first-order valence-electron chi connectivity index (χ1n) is 6.08. The van der Waals surface area contributed by atoms with Crippen LogP contribution in [0.2, 0.25) is 0 Å². The Kier molecular flexibility index (Phi) is 3.28. The van der Waals surface area contributed by atoms with Crippen LogP contribution in [0.15, 0.2) is 58.4 Å². The zero-order chi connectivity index (χ0) is 13.8. The number of hydrogen-bond acceptors (Lipinski definition) is 5. The standard InChI is InChI=1S/C14H12N4O2/c19-13-7-12(11-1-4-15-5-2-11)17-14(18-13)16-8-10-3-6-20-9-10/h1-7,9H,8H2,(H2,16,17,18,19). The molecule has 0 fully saturated rings. The normalized spacial score (nSPS) is 10.4. The molecule has 0 aliphatic carbocycles. The van der Waals surface area contributed by atoms with Crippen LogP contribution in [-0.2, 0) is 6.54 Å². The third-order valence-electron chi connectivity index (χ3n) is 2.76. The van der Waals surface area contributed by atoms with Gasteiger partial charge in [-0.05, 0) is 18.2 Å². The van der Waals surface area contributed by atoms with Crippen molar-refractivity contribution in [1.82, 2.24) is 15.0 Å². The SMILES string of the molecule is O=c1cc(-c2ccncc2)nc(NCc2ccoc2)[nH]1. The van der Waals surface area contributed by atoms with E-state index in [-0.39, 0.29) is 5.56 Å². The highest BCUT2D eigenvalue weighted by Gasteiger charge is 2.04. The van der Waals surface area contributed by atoms with Crippen LogP contribution in [0.4, 0.5) is 5.95 Å². The number of aromatic amines is 1. The van der Waals surface area contributed by atoms with Gasteiger partial charge in [0.15, 0.2) is 0 Å². The van der Waals surface area contributed by atoms with Crippen molar-refractivity contribution in [3.05, 3.63) is 65.1 Å². The third kappa shape index (κ3) is 2.74. The molecular weight excluding hydrogens is 256 g/mol. The van der Waals surface area contributed by atoms with E-state index in [1.165, 1.54) is 6.07 Å². The van der Waals surface area contributed by atoms with Crippen molar-refractivity contribution >= 4 is 5.95 Å². The Hall–Kier alpha value is -2.89. The number of H-pyrrole nitrogens is 1. The first-order valence-corrected chi connectivity index (χ1v) is 6.08. The Balaban J connectivity index is 1.85. The maximum absolute atomic E-state index is 11.7.